The van der Waals surface area contributed by atoms with Gasteiger partial charge in [0.25, 0.3) is 0 Å². The molecule has 0 aliphatic carbocycles. The van der Waals surface area contributed by atoms with Crippen LogP contribution in [0.2, 0.25) is 0 Å². The van der Waals surface area contributed by atoms with E-state index in [1.807, 2.05) is 54.6 Å². The van der Waals surface area contributed by atoms with Crippen molar-refractivity contribution in [3.05, 3.63) is 60.8 Å². The molecule has 5 heteroatoms. The first-order valence-corrected chi connectivity index (χ1v) is 7.57. The molecule has 2 aromatic heterocycles. The Morgan fingerprint density at radius 2 is 1.74 bits per heavy atom. The zero-order chi connectivity index (χ0) is 15.9. The highest BCUT2D eigenvalue weighted by molar-refractivity contribution is 5.66. The summed E-state index contributed by atoms with van der Waals surface area (Å²) < 4.78 is 0. The number of nitrogens with zero attached hydrogens (tertiary/aromatic N) is 3. The number of pyridine rings is 1. The molecule has 0 saturated carbocycles. The molecule has 0 atom stereocenters. The summed E-state index contributed by atoms with van der Waals surface area (Å²) in [5, 5.41) is 12.2. The molecule has 0 spiro atoms. The van der Waals surface area contributed by atoms with Gasteiger partial charge in [-0.25, -0.2) is 9.97 Å². The number of benzene rings is 1. The first-order valence-electron chi connectivity index (χ1n) is 7.57. The van der Waals surface area contributed by atoms with Gasteiger partial charge in [-0.1, -0.05) is 36.4 Å². The van der Waals surface area contributed by atoms with Gasteiger partial charge in [-0.15, -0.1) is 0 Å². The van der Waals surface area contributed by atoms with Crippen LogP contribution in [0.4, 0.5) is 5.82 Å². The van der Waals surface area contributed by atoms with Crippen molar-refractivity contribution in [1.29, 1.82) is 0 Å². The molecule has 23 heavy (non-hydrogen) atoms. The van der Waals surface area contributed by atoms with Gasteiger partial charge < -0.3 is 10.4 Å². The predicted octanol–water partition coefficient (Wildman–Crippen LogP) is 3.00. The molecule has 0 amide bonds. The summed E-state index contributed by atoms with van der Waals surface area (Å²) in [5.74, 6) is 1.31. The molecule has 116 valence electrons. The van der Waals surface area contributed by atoms with Crippen LogP contribution in [-0.2, 0) is 0 Å². The van der Waals surface area contributed by atoms with Crippen LogP contribution in [0.25, 0.3) is 22.8 Å². The number of aromatic nitrogens is 3. The van der Waals surface area contributed by atoms with Gasteiger partial charge in [0.2, 0.25) is 0 Å². The standard InChI is InChI=1S/C18H18N4O/c23-12-6-11-20-17-13-16(14-7-2-1-3-8-14)21-18(22-17)15-9-4-5-10-19-15/h1-5,7-10,13,23H,6,11-12H2,(H,20,21,22). The van der Waals surface area contributed by atoms with Crippen molar-refractivity contribution in [3.8, 4) is 22.8 Å². The van der Waals surface area contributed by atoms with E-state index in [1.54, 1.807) is 6.20 Å². The zero-order valence-corrected chi connectivity index (χ0v) is 12.7. The average Bonchev–Trinajstić information content (AvgIpc) is 2.63. The van der Waals surface area contributed by atoms with Crippen molar-refractivity contribution in [1.82, 2.24) is 15.0 Å². The molecule has 0 fully saturated rings. The molecule has 0 saturated heterocycles. The minimum absolute atomic E-state index is 0.150. The number of hydrogen-bond donors (Lipinski definition) is 2. The van der Waals surface area contributed by atoms with Crippen LogP contribution < -0.4 is 5.32 Å². The maximum Gasteiger partial charge on any atom is 0.180 e. The number of aliphatic hydroxyl groups excluding tert-OH is 1. The van der Waals surface area contributed by atoms with Crippen LogP contribution in [0.1, 0.15) is 6.42 Å². The maximum atomic E-state index is 8.93. The first-order chi connectivity index (χ1) is 11.4. The quantitative estimate of drug-likeness (QED) is 0.685. The van der Waals surface area contributed by atoms with E-state index in [1.165, 1.54) is 0 Å². The lowest BCUT2D eigenvalue weighted by Crippen LogP contribution is -2.07. The highest BCUT2D eigenvalue weighted by Gasteiger charge is 2.09. The van der Waals surface area contributed by atoms with E-state index < -0.39 is 0 Å². The van der Waals surface area contributed by atoms with Crippen LogP contribution in [0, 0.1) is 0 Å². The Labute approximate surface area is 135 Å². The fourth-order valence-electron chi connectivity index (χ4n) is 2.20. The van der Waals surface area contributed by atoms with Gasteiger partial charge in [0.05, 0.1) is 5.69 Å². The molecular weight excluding hydrogens is 288 g/mol. The first kappa shape index (κ1) is 15.1. The summed E-state index contributed by atoms with van der Waals surface area (Å²) in [6.07, 6.45) is 2.40. The second-order valence-electron chi connectivity index (χ2n) is 5.05. The Bertz CT molecular complexity index is 690. The molecular formula is C18H18N4O. The van der Waals surface area contributed by atoms with E-state index in [-0.39, 0.29) is 6.61 Å². The third-order valence-electron chi connectivity index (χ3n) is 3.33. The average molecular weight is 306 g/mol. The Balaban J connectivity index is 2.00. The minimum Gasteiger partial charge on any atom is -0.396 e. The molecule has 0 radical (unpaired) electrons. The molecule has 3 rings (SSSR count). The van der Waals surface area contributed by atoms with E-state index >= 15 is 0 Å². The summed E-state index contributed by atoms with van der Waals surface area (Å²) in [5.41, 5.74) is 2.60. The van der Waals surface area contributed by atoms with Crippen LogP contribution in [-0.4, -0.2) is 33.2 Å². The predicted molar refractivity (Wildman–Crippen MR) is 90.9 cm³/mol. The largest absolute Gasteiger partial charge is 0.396 e. The summed E-state index contributed by atoms with van der Waals surface area (Å²) in [7, 11) is 0. The molecule has 0 aliphatic heterocycles. The monoisotopic (exact) mass is 306 g/mol. The lowest BCUT2D eigenvalue weighted by molar-refractivity contribution is 0.292. The molecule has 3 aromatic rings. The number of hydrogen-bond acceptors (Lipinski definition) is 5. The van der Waals surface area contributed by atoms with E-state index in [4.69, 9.17) is 5.11 Å². The SMILES string of the molecule is OCCCNc1cc(-c2ccccc2)nc(-c2ccccn2)n1. The number of anilines is 1. The summed E-state index contributed by atoms with van der Waals surface area (Å²) >= 11 is 0. The van der Waals surface area contributed by atoms with E-state index in [2.05, 4.69) is 20.3 Å². The van der Waals surface area contributed by atoms with Crippen LogP contribution in [0.3, 0.4) is 0 Å². The Kier molecular flexibility index (Phi) is 4.91. The highest BCUT2D eigenvalue weighted by Crippen LogP contribution is 2.23. The van der Waals surface area contributed by atoms with Gasteiger partial charge in [0.1, 0.15) is 11.5 Å². The Hall–Kier alpha value is -2.79. The van der Waals surface area contributed by atoms with Gasteiger partial charge in [-0.05, 0) is 18.6 Å². The van der Waals surface area contributed by atoms with E-state index in [9.17, 15) is 0 Å². The summed E-state index contributed by atoms with van der Waals surface area (Å²) in [4.78, 5) is 13.5. The van der Waals surface area contributed by atoms with E-state index in [0.717, 1.165) is 22.8 Å². The van der Waals surface area contributed by atoms with Gasteiger partial charge in [-0.3, -0.25) is 4.98 Å². The smallest absolute Gasteiger partial charge is 0.180 e. The van der Waals surface area contributed by atoms with Crippen molar-refractivity contribution < 1.29 is 5.11 Å². The molecule has 2 N–H and O–H groups in total. The Morgan fingerprint density at radius 1 is 0.913 bits per heavy atom. The third kappa shape index (κ3) is 3.90. The van der Waals surface area contributed by atoms with Crippen molar-refractivity contribution in [2.75, 3.05) is 18.5 Å². The highest BCUT2D eigenvalue weighted by atomic mass is 16.3. The maximum absolute atomic E-state index is 8.93. The van der Waals surface area contributed by atoms with Crippen LogP contribution >= 0.6 is 0 Å². The summed E-state index contributed by atoms with van der Waals surface area (Å²) in [6, 6.07) is 17.6. The number of rotatable bonds is 6. The molecule has 0 unspecified atom stereocenters. The molecule has 0 aliphatic rings. The van der Waals surface area contributed by atoms with Gasteiger partial charge in [0.15, 0.2) is 5.82 Å². The number of nitrogens with one attached hydrogen (secondary N) is 1. The number of aliphatic hydroxyl groups is 1. The van der Waals surface area contributed by atoms with Crippen molar-refractivity contribution >= 4 is 5.82 Å². The normalized spacial score (nSPS) is 10.5. The second kappa shape index (κ2) is 7.47. The second-order valence-corrected chi connectivity index (χ2v) is 5.05. The Morgan fingerprint density at radius 3 is 2.48 bits per heavy atom. The molecule has 2 heterocycles. The van der Waals surface area contributed by atoms with Crippen molar-refractivity contribution in [2.24, 2.45) is 0 Å². The van der Waals surface area contributed by atoms with Gasteiger partial charge in [0, 0.05) is 31.0 Å². The molecule has 1 aromatic carbocycles. The van der Waals surface area contributed by atoms with Crippen molar-refractivity contribution in [2.45, 2.75) is 6.42 Å². The van der Waals surface area contributed by atoms with Crippen molar-refractivity contribution in [3.63, 3.8) is 0 Å². The molecule has 5 nitrogen and oxygen atoms in total. The fraction of sp³-hybridized carbons (Fsp3) is 0.167. The van der Waals surface area contributed by atoms with Gasteiger partial charge >= 0.3 is 0 Å². The molecule has 0 bridgehead atoms. The fourth-order valence-corrected chi connectivity index (χ4v) is 2.20. The lowest BCUT2D eigenvalue weighted by Gasteiger charge is -2.09. The zero-order valence-electron chi connectivity index (χ0n) is 12.7. The lowest BCUT2D eigenvalue weighted by atomic mass is 10.1. The minimum atomic E-state index is 0.150. The summed E-state index contributed by atoms with van der Waals surface area (Å²) in [6.45, 7) is 0.806. The van der Waals surface area contributed by atoms with E-state index in [0.29, 0.717) is 18.8 Å². The van der Waals surface area contributed by atoms with Crippen LogP contribution in [0.5, 0.6) is 0 Å². The third-order valence-corrected chi connectivity index (χ3v) is 3.33. The van der Waals surface area contributed by atoms with Crippen LogP contribution in [0.15, 0.2) is 60.8 Å². The topological polar surface area (TPSA) is 70.9 Å². The van der Waals surface area contributed by atoms with Gasteiger partial charge in [-0.2, -0.15) is 0 Å².